The van der Waals surface area contributed by atoms with Crippen LogP contribution in [0.2, 0.25) is 0 Å². The zero-order valence-electron chi connectivity index (χ0n) is 17.3. The van der Waals surface area contributed by atoms with Crippen LogP contribution >= 0.6 is 0 Å². The third kappa shape index (κ3) is 5.57. The number of hydrogen-bond acceptors (Lipinski definition) is 4. The van der Waals surface area contributed by atoms with Crippen LogP contribution in [-0.4, -0.2) is 61.8 Å². The van der Waals surface area contributed by atoms with Gasteiger partial charge in [-0.2, -0.15) is 5.10 Å². The molecule has 1 aliphatic rings. The minimum Gasteiger partial charge on any atom is -0.357 e. The summed E-state index contributed by atoms with van der Waals surface area (Å²) < 4.78 is 29.2. The smallest absolute Gasteiger partial charge is 0.240 e. The maximum Gasteiger partial charge on any atom is 0.240 e. The zero-order chi connectivity index (χ0) is 20.9. The fourth-order valence-corrected chi connectivity index (χ4v) is 4.47. The van der Waals surface area contributed by atoms with E-state index in [1.165, 1.54) is 5.56 Å². The molecular weight excluding hydrogens is 388 g/mol. The highest BCUT2D eigenvalue weighted by Gasteiger charge is 2.26. The van der Waals surface area contributed by atoms with E-state index in [-0.39, 0.29) is 11.4 Å². The summed E-state index contributed by atoms with van der Waals surface area (Å²) >= 11 is 0. The first-order valence-electron chi connectivity index (χ1n) is 9.97. The van der Waals surface area contributed by atoms with Crippen molar-refractivity contribution in [3.63, 3.8) is 0 Å². The van der Waals surface area contributed by atoms with Gasteiger partial charge in [0, 0.05) is 45.3 Å². The van der Waals surface area contributed by atoms with E-state index >= 15 is 0 Å². The van der Waals surface area contributed by atoms with Crippen LogP contribution in [0, 0.1) is 6.92 Å². The lowest BCUT2D eigenvalue weighted by Gasteiger charge is -2.21. The third-order valence-corrected chi connectivity index (χ3v) is 6.49. The number of likely N-dealkylation sites (tertiary alicyclic amines) is 1. The second-order valence-electron chi connectivity index (χ2n) is 7.33. The molecular formula is C20H30N6O2S. The Morgan fingerprint density at radius 2 is 2.07 bits per heavy atom. The third-order valence-electron chi connectivity index (χ3n) is 5.02. The lowest BCUT2D eigenvalue weighted by molar-refractivity contribution is 0.486. The molecule has 1 fully saturated rings. The van der Waals surface area contributed by atoms with Crippen LogP contribution in [0.3, 0.4) is 0 Å². The Kier molecular flexibility index (Phi) is 6.92. The zero-order valence-corrected chi connectivity index (χ0v) is 18.1. The fourth-order valence-electron chi connectivity index (χ4n) is 3.44. The average Bonchev–Trinajstić information content (AvgIpc) is 3.33. The minimum atomic E-state index is -3.51. The molecule has 9 heteroatoms. The van der Waals surface area contributed by atoms with E-state index in [1.807, 2.05) is 31.8 Å². The Bertz CT molecular complexity index is 936. The number of guanidine groups is 1. The first kappa shape index (κ1) is 21.3. The molecule has 2 N–H and O–H groups in total. The quantitative estimate of drug-likeness (QED) is 0.404. The van der Waals surface area contributed by atoms with Gasteiger partial charge in [0.2, 0.25) is 10.0 Å². The number of hydrogen-bond donors (Lipinski definition) is 2. The van der Waals surface area contributed by atoms with E-state index in [4.69, 9.17) is 0 Å². The largest absolute Gasteiger partial charge is 0.357 e. The van der Waals surface area contributed by atoms with Gasteiger partial charge in [-0.25, -0.2) is 13.1 Å². The van der Waals surface area contributed by atoms with E-state index in [1.54, 1.807) is 24.3 Å². The lowest BCUT2D eigenvalue weighted by atomic mass is 10.0. The van der Waals surface area contributed by atoms with Crippen LogP contribution in [0.1, 0.15) is 30.4 Å². The minimum absolute atomic E-state index is 0.255. The Morgan fingerprint density at radius 3 is 2.72 bits per heavy atom. The van der Waals surface area contributed by atoms with Crippen molar-refractivity contribution in [2.45, 2.75) is 31.1 Å². The molecule has 0 radical (unpaired) electrons. The van der Waals surface area contributed by atoms with Gasteiger partial charge in [0.05, 0.1) is 17.6 Å². The second kappa shape index (κ2) is 9.41. The molecule has 2 heterocycles. The molecule has 0 aliphatic carbocycles. The summed E-state index contributed by atoms with van der Waals surface area (Å²) in [6, 6.07) is 6.83. The topological polar surface area (TPSA) is 91.6 Å². The van der Waals surface area contributed by atoms with Gasteiger partial charge in [-0.05, 0) is 38.0 Å². The summed E-state index contributed by atoms with van der Waals surface area (Å²) in [4.78, 5) is 7.13. The van der Waals surface area contributed by atoms with Crippen LogP contribution in [-0.2, 0) is 17.1 Å². The van der Waals surface area contributed by atoms with Crippen molar-refractivity contribution in [3.8, 4) is 0 Å². The second-order valence-corrected chi connectivity index (χ2v) is 9.09. The number of benzene rings is 1. The molecule has 1 aliphatic heterocycles. The van der Waals surface area contributed by atoms with Gasteiger partial charge >= 0.3 is 0 Å². The predicted octanol–water partition coefficient (Wildman–Crippen LogP) is 1.46. The molecule has 0 amide bonds. The molecule has 0 bridgehead atoms. The summed E-state index contributed by atoms with van der Waals surface area (Å²) in [5.74, 6) is 1.26. The van der Waals surface area contributed by atoms with Gasteiger partial charge in [0.25, 0.3) is 0 Å². The molecule has 2 aromatic rings. The number of nitrogens with zero attached hydrogens (tertiary/aromatic N) is 4. The molecule has 158 valence electrons. The Hall–Kier alpha value is -2.39. The van der Waals surface area contributed by atoms with Crippen molar-refractivity contribution in [3.05, 3.63) is 47.8 Å². The number of aromatic nitrogens is 2. The van der Waals surface area contributed by atoms with Crippen molar-refractivity contribution < 1.29 is 8.42 Å². The SMILES string of the molecule is CCNC(=NCCNS(=O)(=O)c1ccc(C)cc1)N1CCC(c2cnn(C)c2)C1. The van der Waals surface area contributed by atoms with Gasteiger partial charge in [0.1, 0.15) is 0 Å². The maximum absolute atomic E-state index is 12.4. The molecule has 0 spiro atoms. The summed E-state index contributed by atoms with van der Waals surface area (Å²) in [6.07, 6.45) is 5.05. The first-order valence-corrected chi connectivity index (χ1v) is 11.5. The van der Waals surface area contributed by atoms with Crippen LogP contribution in [0.5, 0.6) is 0 Å². The average molecular weight is 419 g/mol. The first-order chi connectivity index (χ1) is 13.9. The van der Waals surface area contributed by atoms with Gasteiger partial charge in [-0.1, -0.05) is 17.7 Å². The molecule has 8 nitrogen and oxygen atoms in total. The van der Waals surface area contributed by atoms with Gasteiger partial charge in [0.15, 0.2) is 5.96 Å². The molecule has 1 atom stereocenters. The number of rotatable bonds is 7. The van der Waals surface area contributed by atoms with Gasteiger partial charge in [-0.15, -0.1) is 0 Å². The number of aliphatic imine (C=N–C) groups is 1. The van der Waals surface area contributed by atoms with Crippen molar-refractivity contribution in [2.75, 3.05) is 32.7 Å². The molecule has 1 saturated heterocycles. The Morgan fingerprint density at radius 1 is 1.31 bits per heavy atom. The van der Waals surface area contributed by atoms with Gasteiger partial charge in [-0.3, -0.25) is 9.67 Å². The standard InChI is InChI=1S/C20H30N6O2S/c1-4-21-20(26-12-9-17(15-26)18-13-23-25(3)14-18)22-10-11-24-29(27,28)19-7-5-16(2)6-8-19/h5-8,13-14,17,24H,4,9-12,15H2,1-3H3,(H,21,22). The summed E-state index contributed by atoms with van der Waals surface area (Å²) in [5, 5.41) is 7.58. The predicted molar refractivity (Wildman–Crippen MR) is 114 cm³/mol. The van der Waals surface area contributed by atoms with E-state index in [2.05, 4.69) is 31.2 Å². The van der Waals surface area contributed by atoms with Crippen molar-refractivity contribution in [1.29, 1.82) is 0 Å². The van der Waals surface area contributed by atoms with Crippen molar-refractivity contribution >= 4 is 16.0 Å². The van der Waals surface area contributed by atoms with E-state index in [0.29, 0.717) is 12.5 Å². The molecule has 1 unspecified atom stereocenters. The summed E-state index contributed by atoms with van der Waals surface area (Å²) in [6.45, 7) is 7.16. The van der Waals surface area contributed by atoms with E-state index in [0.717, 1.165) is 37.6 Å². The van der Waals surface area contributed by atoms with E-state index in [9.17, 15) is 8.42 Å². The highest BCUT2D eigenvalue weighted by Crippen LogP contribution is 2.26. The maximum atomic E-state index is 12.4. The van der Waals surface area contributed by atoms with Crippen molar-refractivity contribution in [1.82, 2.24) is 24.7 Å². The number of nitrogens with one attached hydrogen (secondary N) is 2. The van der Waals surface area contributed by atoms with Crippen LogP contribution in [0.25, 0.3) is 0 Å². The summed E-state index contributed by atoms with van der Waals surface area (Å²) in [5.41, 5.74) is 2.27. The summed E-state index contributed by atoms with van der Waals surface area (Å²) in [7, 11) is -1.58. The number of sulfonamides is 1. The van der Waals surface area contributed by atoms with Gasteiger partial charge < -0.3 is 10.2 Å². The van der Waals surface area contributed by atoms with Crippen LogP contribution in [0.4, 0.5) is 0 Å². The highest BCUT2D eigenvalue weighted by molar-refractivity contribution is 7.89. The Balaban J connectivity index is 1.56. The van der Waals surface area contributed by atoms with Crippen LogP contribution < -0.4 is 10.0 Å². The van der Waals surface area contributed by atoms with Crippen LogP contribution in [0.15, 0.2) is 46.5 Å². The highest BCUT2D eigenvalue weighted by atomic mass is 32.2. The fraction of sp³-hybridized carbons (Fsp3) is 0.500. The van der Waals surface area contributed by atoms with E-state index < -0.39 is 10.0 Å². The lowest BCUT2D eigenvalue weighted by Crippen LogP contribution is -2.40. The monoisotopic (exact) mass is 418 g/mol. The molecule has 1 aromatic heterocycles. The normalized spacial score (nSPS) is 17.7. The molecule has 0 saturated carbocycles. The Labute approximate surface area is 173 Å². The molecule has 3 rings (SSSR count). The van der Waals surface area contributed by atoms with Crippen molar-refractivity contribution in [2.24, 2.45) is 12.0 Å². The molecule has 29 heavy (non-hydrogen) atoms. The molecule has 1 aromatic carbocycles. The number of aryl methyl sites for hydroxylation is 2.